The van der Waals surface area contributed by atoms with Gasteiger partial charge in [0.15, 0.2) is 0 Å². The maximum atomic E-state index is 10.9. The first-order valence-electron chi connectivity index (χ1n) is 19.4. The number of phenols is 1. The van der Waals surface area contributed by atoms with Gasteiger partial charge >= 0.3 is 0 Å². The first kappa shape index (κ1) is 38.6. The second-order valence-corrected chi connectivity index (χ2v) is 15.3. The van der Waals surface area contributed by atoms with E-state index in [1.54, 1.807) is 12.1 Å². The largest absolute Gasteiger partial charge is 0.507 e. The molecule has 0 saturated carbocycles. The van der Waals surface area contributed by atoms with Crippen LogP contribution in [0.2, 0.25) is 0 Å². The Balaban J connectivity index is 0.00000469. The van der Waals surface area contributed by atoms with E-state index in [1.165, 1.54) is 16.7 Å². The Morgan fingerprint density at radius 1 is 0.621 bits per heavy atom. The average Bonchev–Trinajstić information content (AvgIpc) is 3.68. The smallest absolute Gasteiger partial charge is 0.230 e. The Labute approximate surface area is 354 Å². The first-order chi connectivity index (χ1) is 27.8. The van der Waals surface area contributed by atoms with Gasteiger partial charge in [0.1, 0.15) is 11.3 Å². The molecule has 7 aromatic carbocycles. The maximum Gasteiger partial charge on any atom is 0.230 e. The van der Waals surface area contributed by atoms with Crippen molar-refractivity contribution in [3.05, 3.63) is 193 Å². The standard InChI is InChI=1S/C52H42N3O2.Pt/c1-34(2)35-29-36(42-24-16-25-43-46(27-28-53-49(42)43)52(3,4)38-17-8-5-9-18-38)31-37(30-35)45-32-41(55(39-19-10-6-11-20-39)40-21-12-7-13-22-40)33-48-50(45)54-51(57-48)44-23-14-15-26-47(44)56;/h5-30,32-34,56H,1-4H3;/q-1;. The van der Waals surface area contributed by atoms with E-state index < -0.39 is 0 Å². The molecule has 5 nitrogen and oxygen atoms in total. The Kier molecular flexibility index (Phi) is 10.6. The molecule has 288 valence electrons. The van der Waals surface area contributed by atoms with Crippen LogP contribution in [0.25, 0.3) is 55.7 Å². The molecule has 9 aromatic rings. The third-order valence-electron chi connectivity index (χ3n) is 11.0. The fraction of sp³-hybridized carbons (Fsp3) is 0.115. The van der Waals surface area contributed by atoms with Crippen LogP contribution in [-0.2, 0) is 26.5 Å². The molecule has 0 spiro atoms. The molecular weight excluding hydrogens is 894 g/mol. The summed E-state index contributed by atoms with van der Waals surface area (Å²) in [6, 6.07) is 59.6. The molecule has 0 radical (unpaired) electrons. The minimum Gasteiger partial charge on any atom is -0.507 e. The molecule has 0 unspecified atom stereocenters. The number of aromatic nitrogens is 2. The number of nitrogens with zero attached hydrogens (tertiary/aromatic N) is 3. The van der Waals surface area contributed by atoms with Crippen molar-refractivity contribution in [1.82, 2.24) is 9.97 Å². The third-order valence-corrected chi connectivity index (χ3v) is 11.0. The van der Waals surface area contributed by atoms with E-state index in [2.05, 4.69) is 136 Å². The minimum absolute atomic E-state index is 0. The van der Waals surface area contributed by atoms with Crippen LogP contribution in [0.3, 0.4) is 0 Å². The van der Waals surface area contributed by atoms with Crippen LogP contribution < -0.4 is 4.90 Å². The van der Waals surface area contributed by atoms with Crippen LogP contribution in [0.4, 0.5) is 17.1 Å². The summed E-state index contributed by atoms with van der Waals surface area (Å²) < 4.78 is 6.57. The van der Waals surface area contributed by atoms with E-state index >= 15 is 0 Å². The van der Waals surface area contributed by atoms with Gasteiger partial charge in [-0.15, -0.1) is 34.9 Å². The number of hydrogen-bond acceptors (Lipinski definition) is 5. The van der Waals surface area contributed by atoms with Gasteiger partial charge in [-0.25, -0.2) is 4.98 Å². The maximum absolute atomic E-state index is 10.9. The molecule has 9 rings (SSSR count). The molecule has 6 heteroatoms. The van der Waals surface area contributed by atoms with E-state index in [1.807, 2.05) is 60.8 Å². The normalized spacial score (nSPS) is 11.5. The molecule has 0 aliphatic heterocycles. The van der Waals surface area contributed by atoms with Gasteiger partial charge in [0.2, 0.25) is 5.89 Å². The van der Waals surface area contributed by atoms with Crippen LogP contribution in [0.15, 0.2) is 174 Å². The minimum atomic E-state index is -0.247. The van der Waals surface area contributed by atoms with Gasteiger partial charge in [-0.05, 0) is 64.9 Å². The summed E-state index contributed by atoms with van der Waals surface area (Å²) in [5, 5.41) is 12.0. The Bertz CT molecular complexity index is 2830. The summed E-state index contributed by atoms with van der Waals surface area (Å²) in [5.41, 5.74) is 12.8. The summed E-state index contributed by atoms with van der Waals surface area (Å²) in [6.45, 7) is 8.99. The number of phenolic OH excluding ortho intramolecular Hbond substituents is 1. The van der Waals surface area contributed by atoms with Crippen molar-refractivity contribution in [1.29, 1.82) is 0 Å². The number of hydrogen-bond donors (Lipinski definition) is 1. The number of aromatic hydroxyl groups is 1. The number of para-hydroxylation sites is 4. The number of oxazole rings is 1. The van der Waals surface area contributed by atoms with Crippen molar-refractivity contribution in [2.24, 2.45) is 0 Å². The van der Waals surface area contributed by atoms with Gasteiger partial charge < -0.3 is 14.4 Å². The SMILES string of the molecule is CC(C)c1cc(-c2cc(N(c3ccccc3)c3ccccc3)cc3oc(-c4ccccc4O)nc23)[c-]c(-c2cccc3c(C(C)(C)c4ccccc4)ccnc23)c1.[Pt]. The number of pyridine rings is 1. The molecule has 0 fully saturated rings. The van der Waals surface area contributed by atoms with Crippen molar-refractivity contribution in [2.45, 2.75) is 39.0 Å². The van der Waals surface area contributed by atoms with Crippen LogP contribution >= 0.6 is 0 Å². The zero-order valence-electron chi connectivity index (χ0n) is 32.8. The molecule has 1 N–H and O–H groups in total. The summed E-state index contributed by atoms with van der Waals surface area (Å²) >= 11 is 0. The molecular formula is C52H42N3O2Pt-. The zero-order chi connectivity index (χ0) is 39.1. The second kappa shape index (κ2) is 15.9. The molecule has 58 heavy (non-hydrogen) atoms. The van der Waals surface area contributed by atoms with E-state index in [0.29, 0.717) is 22.6 Å². The van der Waals surface area contributed by atoms with Crippen LogP contribution in [0.5, 0.6) is 5.75 Å². The van der Waals surface area contributed by atoms with Gasteiger partial charge in [-0.1, -0.05) is 142 Å². The summed E-state index contributed by atoms with van der Waals surface area (Å²) in [5.74, 6) is 0.681. The molecule has 0 aliphatic carbocycles. The van der Waals surface area contributed by atoms with Gasteiger partial charge in [0, 0.05) is 61.3 Å². The summed E-state index contributed by atoms with van der Waals surface area (Å²) in [4.78, 5) is 12.3. The van der Waals surface area contributed by atoms with E-state index in [0.717, 1.165) is 50.2 Å². The molecule has 2 aromatic heterocycles. The van der Waals surface area contributed by atoms with Crippen LogP contribution in [0.1, 0.15) is 50.3 Å². The average molecular weight is 936 g/mol. The molecule has 0 atom stereocenters. The first-order valence-corrected chi connectivity index (χ1v) is 19.4. The molecule has 0 amide bonds. The predicted molar refractivity (Wildman–Crippen MR) is 233 cm³/mol. The third kappa shape index (κ3) is 7.12. The van der Waals surface area contributed by atoms with Crippen molar-refractivity contribution in [3.8, 4) is 39.5 Å². The Morgan fingerprint density at radius 3 is 1.88 bits per heavy atom. The van der Waals surface area contributed by atoms with Crippen molar-refractivity contribution in [3.63, 3.8) is 0 Å². The van der Waals surface area contributed by atoms with Crippen LogP contribution in [-0.4, -0.2) is 15.1 Å². The Hall–Kier alpha value is -6.29. The van der Waals surface area contributed by atoms with Crippen molar-refractivity contribution < 1.29 is 30.6 Å². The topological polar surface area (TPSA) is 62.4 Å². The zero-order valence-corrected chi connectivity index (χ0v) is 35.0. The van der Waals surface area contributed by atoms with Crippen molar-refractivity contribution >= 4 is 39.1 Å². The van der Waals surface area contributed by atoms with Gasteiger partial charge in [0.25, 0.3) is 0 Å². The molecule has 2 heterocycles. The fourth-order valence-electron chi connectivity index (χ4n) is 7.88. The van der Waals surface area contributed by atoms with Gasteiger partial charge in [0.05, 0.1) is 11.1 Å². The molecule has 0 saturated heterocycles. The number of benzene rings is 7. The predicted octanol–water partition coefficient (Wildman–Crippen LogP) is 13.8. The number of rotatable bonds is 9. The Morgan fingerprint density at radius 2 is 1.22 bits per heavy atom. The second-order valence-electron chi connectivity index (χ2n) is 15.3. The van der Waals surface area contributed by atoms with E-state index in [-0.39, 0.29) is 38.1 Å². The monoisotopic (exact) mass is 935 g/mol. The number of anilines is 3. The summed E-state index contributed by atoms with van der Waals surface area (Å²) in [7, 11) is 0. The quantitative estimate of drug-likeness (QED) is 0.146. The van der Waals surface area contributed by atoms with E-state index in [4.69, 9.17) is 14.4 Å². The van der Waals surface area contributed by atoms with Gasteiger partial charge in [-0.3, -0.25) is 4.98 Å². The fourth-order valence-corrected chi connectivity index (χ4v) is 7.88. The molecule has 0 aliphatic rings. The van der Waals surface area contributed by atoms with E-state index in [9.17, 15) is 5.11 Å². The molecule has 0 bridgehead atoms. The van der Waals surface area contributed by atoms with Gasteiger partial charge in [-0.2, -0.15) is 0 Å². The van der Waals surface area contributed by atoms with Crippen molar-refractivity contribution in [2.75, 3.05) is 4.90 Å². The number of fused-ring (bicyclic) bond motifs is 2. The van der Waals surface area contributed by atoms with Crippen LogP contribution in [0, 0.1) is 6.07 Å². The summed E-state index contributed by atoms with van der Waals surface area (Å²) in [6.07, 6.45) is 1.93.